The van der Waals surface area contributed by atoms with Crippen LogP contribution in [0, 0.1) is 17.4 Å². The molecule has 0 radical (unpaired) electrons. The molecule has 0 saturated carbocycles. The van der Waals surface area contributed by atoms with Crippen LogP contribution >= 0.6 is 23.2 Å². The zero-order chi connectivity index (χ0) is 20.7. The van der Waals surface area contributed by atoms with E-state index in [-0.39, 0.29) is 10.6 Å². The topological polar surface area (TPSA) is 39.1 Å². The lowest BCUT2D eigenvalue weighted by atomic mass is 9.97. The molecule has 0 amide bonds. The molecule has 29 heavy (non-hydrogen) atoms. The molecular formula is C22H12Cl3FNO2+. The van der Waals surface area contributed by atoms with Gasteiger partial charge in [-0.25, -0.2) is 4.39 Å². The van der Waals surface area contributed by atoms with Gasteiger partial charge < -0.3 is 0 Å². The zero-order valence-corrected chi connectivity index (χ0v) is 17.0. The van der Waals surface area contributed by atoms with Crippen molar-refractivity contribution in [1.29, 1.82) is 0 Å². The Hall–Kier alpha value is -2.66. The van der Waals surface area contributed by atoms with E-state index >= 15 is 0 Å². The smallest absolute Gasteiger partial charge is 0.255 e. The minimum absolute atomic E-state index is 0.189. The van der Waals surface area contributed by atoms with Crippen LogP contribution < -0.4 is 5.56 Å². The fraction of sp³-hybridized carbons (Fsp3) is 0. The highest BCUT2D eigenvalue weighted by Gasteiger charge is 2.19. The summed E-state index contributed by atoms with van der Waals surface area (Å²) < 4.78 is 14.9. The van der Waals surface area contributed by atoms with Crippen molar-refractivity contribution in [3.63, 3.8) is 0 Å². The van der Waals surface area contributed by atoms with Crippen molar-refractivity contribution in [3.8, 4) is 16.8 Å². The molecule has 0 aliphatic rings. The van der Waals surface area contributed by atoms with Crippen LogP contribution in [0.2, 0.25) is 15.1 Å². The molecule has 3 aromatic carbocycles. The lowest BCUT2D eigenvalue weighted by Gasteiger charge is -2.15. The van der Waals surface area contributed by atoms with E-state index in [1.807, 2.05) is 0 Å². The number of hydrogen-bond acceptors (Lipinski definition) is 2. The van der Waals surface area contributed by atoms with E-state index in [0.29, 0.717) is 49.6 Å². The number of rotatable bonds is 3. The van der Waals surface area contributed by atoms with Crippen LogP contribution in [0.25, 0.3) is 27.7 Å². The first kappa shape index (κ1) is 19.6. The van der Waals surface area contributed by atoms with Crippen LogP contribution in [0.3, 0.4) is 0 Å². The molecule has 0 aliphatic carbocycles. The van der Waals surface area contributed by atoms with Crippen molar-refractivity contribution in [1.82, 2.24) is 4.57 Å². The van der Waals surface area contributed by atoms with Gasteiger partial charge in [0.15, 0.2) is 11.6 Å². The molecule has 1 heterocycles. The number of fused-ring (bicyclic) bond motifs is 1. The van der Waals surface area contributed by atoms with Gasteiger partial charge in [-0.2, -0.15) is 0 Å². The molecule has 0 atom stereocenters. The first-order valence-corrected chi connectivity index (χ1v) is 9.63. The van der Waals surface area contributed by atoms with Crippen molar-refractivity contribution in [2.45, 2.75) is 0 Å². The predicted molar refractivity (Wildman–Crippen MR) is 111 cm³/mol. The minimum Gasteiger partial charge on any atom is -0.298 e. The SMILES string of the molecule is O=Cc1cc(-c2ccc(F)cc2Cl)c2ccc(=O)n(-c3c(Cl)cccc3[ClH+])c2c1. The average molecular weight is 448 g/mol. The maximum atomic E-state index is 13.5. The first-order valence-electron chi connectivity index (χ1n) is 8.47. The lowest BCUT2D eigenvalue weighted by Crippen LogP contribution is -2.18. The molecule has 1 aromatic heterocycles. The molecule has 4 aromatic rings. The molecule has 4 rings (SSSR count). The Labute approximate surface area is 179 Å². The second-order valence-corrected chi connectivity index (χ2v) is 7.59. The van der Waals surface area contributed by atoms with E-state index in [2.05, 4.69) is 0 Å². The van der Waals surface area contributed by atoms with Crippen LogP contribution in [0.5, 0.6) is 0 Å². The molecule has 0 saturated heterocycles. The lowest BCUT2D eigenvalue weighted by molar-refractivity contribution is -0.288. The largest absolute Gasteiger partial charge is 0.298 e. The highest BCUT2D eigenvalue weighted by atomic mass is 35.5. The Balaban J connectivity index is 2.17. The summed E-state index contributed by atoms with van der Waals surface area (Å²) >= 11 is 18.0. The molecule has 0 N–H and O–H groups in total. The maximum absolute atomic E-state index is 13.5. The summed E-state index contributed by atoms with van der Waals surface area (Å²) in [6, 6.07) is 15.3. The predicted octanol–water partition coefficient (Wildman–Crippen LogP) is 5.61. The number of carbonyl (C=O) groups is 1. The van der Waals surface area contributed by atoms with Gasteiger partial charge in [-0.15, -0.1) is 0 Å². The number of aldehydes is 1. The van der Waals surface area contributed by atoms with Gasteiger partial charge in [0.25, 0.3) is 10.6 Å². The molecule has 0 bridgehead atoms. The van der Waals surface area contributed by atoms with Gasteiger partial charge in [0.05, 0.1) is 15.6 Å². The molecule has 0 fully saturated rings. The minimum atomic E-state index is -0.474. The van der Waals surface area contributed by atoms with Gasteiger partial charge in [0.2, 0.25) is 0 Å². The quantitative estimate of drug-likeness (QED) is 0.383. The Kier molecular flexibility index (Phi) is 5.17. The summed E-state index contributed by atoms with van der Waals surface area (Å²) in [5.41, 5.74) is 1.89. The highest BCUT2D eigenvalue weighted by molar-refractivity contribution is 6.34. The van der Waals surface area contributed by atoms with Gasteiger partial charge in [0, 0.05) is 28.6 Å². The number of para-hydroxylation sites is 1. The monoisotopic (exact) mass is 446 g/mol. The van der Waals surface area contributed by atoms with Crippen molar-refractivity contribution in [2.75, 3.05) is 0 Å². The molecule has 0 unspecified atom stereocenters. The van der Waals surface area contributed by atoms with E-state index in [9.17, 15) is 14.0 Å². The van der Waals surface area contributed by atoms with E-state index in [1.54, 1.807) is 36.4 Å². The molecular weight excluding hydrogens is 436 g/mol. The molecule has 3 nitrogen and oxygen atoms in total. The fourth-order valence-electron chi connectivity index (χ4n) is 3.31. The van der Waals surface area contributed by atoms with Crippen LogP contribution in [0.1, 0.15) is 10.4 Å². The summed E-state index contributed by atoms with van der Waals surface area (Å²) in [4.78, 5) is 24.4. The van der Waals surface area contributed by atoms with Crippen LogP contribution in [0.15, 0.2) is 65.5 Å². The van der Waals surface area contributed by atoms with Crippen molar-refractivity contribution >= 4 is 40.4 Å². The Morgan fingerprint density at radius 3 is 2.41 bits per heavy atom. The number of pyridine rings is 1. The standard InChI is InChI=1S/C22H12Cl3FNO2/c23-17-2-1-3-18(24)22(17)27-20-9-12(11-28)8-16(15(20)6-7-21(27)29)14-5-4-13(26)10-19(14)25/h1-11,23H/q+1. The molecule has 144 valence electrons. The van der Waals surface area contributed by atoms with Crippen molar-refractivity contribution in [2.24, 2.45) is 0 Å². The number of carbonyl (C=O) groups excluding carboxylic acids is 1. The number of benzene rings is 3. The summed E-state index contributed by atoms with van der Waals surface area (Å²) in [5.74, 6) is -0.474. The summed E-state index contributed by atoms with van der Waals surface area (Å²) in [6.45, 7) is 0. The number of hydrogen-bond donors (Lipinski definition) is 0. The number of halogens is 4. The van der Waals surface area contributed by atoms with Crippen molar-refractivity contribution < 1.29 is 20.8 Å². The van der Waals surface area contributed by atoms with Crippen LogP contribution in [0.4, 0.5) is 4.39 Å². The van der Waals surface area contributed by atoms with E-state index in [4.69, 9.17) is 34.8 Å². The van der Waals surface area contributed by atoms with E-state index < -0.39 is 5.82 Å². The van der Waals surface area contributed by atoms with Gasteiger partial charge in [-0.05, 0) is 48.0 Å². The second kappa shape index (κ2) is 7.64. The third-order valence-corrected chi connectivity index (χ3v) is 5.51. The summed E-state index contributed by atoms with van der Waals surface area (Å²) in [6.07, 6.45) is 0.670. The third-order valence-electron chi connectivity index (χ3n) is 4.57. The molecule has 7 heteroatoms. The zero-order valence-electron chi connectivity index (χ0n) is 14.7. The third kappa shape index (κ3) is 3.44. The molecule has 0 spiro atoms. The van der Waals surface area contributed by atoms with E-state index in [0.717, 1.165) is 0 Å². The summed E-state index contributed by atoms with van der Waals surface area (Å²) in [5, 5.41) is 1.53. The van der Waals surface area contributed by atoms with Gasteiger partial charge in [0.1, 0.15) is 17.8 Å². The molecule has 0 aliphatic heterocycles. The Bertz CT molecular complexity index is 1330. The number of aromatic nitrogens is 1. The first-order chi connectivity index (χ1) is 13.9. The highest BCUT2D eigenvalue weighted by Crippen LogP contribution is 2.36. The van der Waals surface area contributed by atoms with Crippen LogP contribution in [-0.2, 0) is 0 Å². The van der Waals surface area contributed by atoms with E-state index in [1.165, 1.54) is 28.8 Å². The Morgan fingerprint density at radius 1 is 0.931 bits per heavy atom. The van der Waals surface area contributed by atoms with Crippen LogP contribution in [-0.4, -0.2) is 10.9 Å². The van der Waals surface area contributed by atoms with Gasteiger partial charge >= 0.3 is 0 Å². The van der Waals surface area contributed by atoms with Crippen molar-refractivity contribution in [3.05, 3.63) is 97.5 Å². The maximum Gasteiger partial charge on any atom is 0.255 e. The van der Waals surface area contributed by atoms with Gasteiger partial charge in [-0.1, -0.05) is 29.3 Å². The fourth-order valence-corrected chi connectivity index (χ4v) is 4.17. The van der Waals surface area contributed by atoms with Gasteiger partial charge in [-0.3, -0.25) is 14.2 Å². The average Bonchev–Trinajstić information content (AvgIpc) is 2.68. The Morgan fingerprint density at radius 2 is 1.72 bits per heavy atom. The second-order valence-electron chi connectivity index (χ2n) is 6.34. The summed E-state index contributed by atoms with van der Waals surface area (Å²) in [7, 11) is 0. The number of nitrogens with zero attached hydrogens (tertiary/aromatic N) is 1. The normalized spacial score (nSPS) is 11.0.